The lowest BCUT2D eigenvalue weighted by Crippen LogP contribution is -2.09. The maximum atomic E-state index is 13.4. The predicted molar refractivity (Wildman–Crippen MR) is 125 cm³/mol. The van der Waals surface area contributed by atoms with E-state index in [2.05, 4.69) is 0 Å². The van der Waals surface area contributed by atoms with Gasteiger partial charge in [0.15, 0.2) is 5.75 Å². The van der Waals surface area contributed by atoms with Crippen LogP contribution < -0.4 is 19.6 Å². The number of pyridine rings is 1. The summed E-state index contributed by atoms with van der Waals surface area (Å²) in [5.41, 5.74) is 3.07. The minimum atomic E-state index is -0.495. The minimum Gasteiger partial charge on any atom is -0.503 e. The molecule has 3 aromatic carbocycles. The number of ether oxygens (including phenoxy) is 3. The van der Waals surface area contributed by atoms with Gasteiger partial charge in [0.05, 0.1) is 43.3 Å². The van der Waals surface area contributed by atoms with Crippen LogP contribution in [0.15, 0.2) is 71.7 Å². The summed E-state index contributed by atoms with van der Waals surface area (Å²) in [6, 6.07) is 18.8. The van der Waals surface area contributed by atoms with Crippen LogP contribution in [0.1, 0.15) is 0 Å². The van der Waals surface area contributed by atoms with Crippen LogP contribution in [0.5, 0.6) is 23.0 Å². The lowest BCUT2D eigenvalue weighted by atomic mass is 10.0. The van der Waals surface area contributed by atoms with Crippen molar-refractivity contribution in [3.8, 4) is 45.4 Å². The van der Waals surface area contributed by atoms with Crippen molar-refractivity contribution in [2.75, 3.05) is 21.3 Å². The smallest absolute Gasteiger partial charge is 0.235 e. The Bertz CT molecular complexity index is 1490. The first-order valence-electron chi connectivity index (χ1n) is 10.1. The van der Waals surface area contributed by atoms with Crippen molar-refractivity contribution < 1.29 is 19.3 Å². The lowest BCUT2D eigenvalue weighted by molar-refractivity contribution is 0.400. The summed E-state index contributed by atoms with van der Waals surface area (Å²) in [6.45, 7) is 0. The van der Waals surface area contributed by atoms with E-state index in [4.69, 9.17) is 14.2 Å². The molecular formula is C26H21NO5. The van der Waals surface area contributed by atoms with Crippen molar-refractivity contribution in [1.82, 2.24) is 4.40 Å². The highest BCUT2D eigenvalue weighted by Crippen LogP contribution is 2.45. The maximum Gasteiger partial charge on any atom is 0.235 e. The molecule has 0 unspecified atom stereocenters. The van der Waals surface area contributed by atoms with Crippen molar-refractivity contribution >= 4 is 16.3 Å². The van der Waals surface area contributed by atoms with Crippen molar-refractivity contribution in [2.45, 2.75) is 0 Å². The van der Waals surface area contributed by atoms with E-state index in [1.807, 2.05) is 53.1 Å². The van der Waals surface area contributed by atoms with E-state index in [-0.39, 0.29) is 5.75 Å². The van der Waals surface area contributed by atoms with E-state index in [1.54, 1.807) is 32.4 Å². The Morgan fingerprint density at radius 3 is 2.06 bits per heavy atom. The van der Waals surface area contributed by atoms with Gasteiger partial charge in [0.25, 0.3) is 0 Å². The Labute approximate surface area is 184 Å². The van der Waals surface area contributed by atoms with E-state index in [9.17, 15) is 9.90 Å². The Kier molecular flexibility index (Phi) is 4.63. The SMILES string of the molecule is COc1ccc(-c2c(O)c(=O)c3c(OC)cc(OC)c4c(-c5ccccc5)cn2c43)cc1. The molecule has 6 heteroatoms. The molecule has 160 valence electrons. The standard InChI is InChI=1S/C26H21NO5/c1-30-17-11-9-16(10-12-17)23-26(29)25(28)22-20(32-3)13-19(31-2)21-18(14-27(23)24(21)22)15-7-5-4-6-8-15/h4-14,29H,1-3H3. The first kappa shape index (κ1) is 19.8. The van der Waals surface area contributed by atoms with Crippen molar-refractivity contribution in [1.29, 1.82) is 0 Å². The van der Waals surface area contributed by atoms with Crippen LogP contribution in [-0.2, 0) is 0 Å². The average Bonchev–Trinajstić information content (AvgIpc) is 3.23. The molecular weight excluding hydrogens is 406 g/mol. The molecule has 0 atom stereocenters. The monoisotopic (exact) mass is 427 g/mol. The Morgan fingerprint density at radius 1 is 0.781 bits per heavy atom. The molecule has 0 saturated heterocycles. The number of hydrogen-bond acceptors (Lipinski definition) is 5. The number of aromatic nitrogens is 1. The summed E-state index contributed by atoms with van der Waals surface area (Å²) in [5, 5.41) is 12.1. The number of rotatable bonds is 5. The molecule has 0 saturated carbocycles. The summed E-state index contributed by atoms with van der Waals surface area (Å²) < 4.78 is 18.3. The van der Waals surface area contributed by atoms with E-state index >= 15 is 0 Å². The molecule has 1 N–H and O–H groups in total. The minimum absolute atomic E-state index is 0.306. The van der Waals surface area contributed by atoms with Gasteiger partial charge in [-0.3, -0.25) is 4.79 Å². The Morgan fingerprint density at radius 2 is 1.44 bits per heavy atom. The maximum absolute atomic E-state index is 13.4. The molecule has 0 spiro atoms. The Hall–Kier alpha value is -4.19. The number of benzene rings is 3. The number of methoxy groups -OCH3 is 3. The molecule has 6 nitrogen and oxygen atoms in total. The van der Waals surface area contributed by atoms with Crippen LogP contribution in [0.2, 0.25) is 0 Å². The van der Waals surface area contributed by atoms with Crippen molar-refractivity contribution in [3.05, 3.63) is 77.1 Å². The average molecular weight is 427 g/mol. The lowest BCUT2D eigenvalue weighted by Gasteiger charge is -2.14. The van der Waals surface area contributed by atoms with Gasteiger partial charge < -0.3 is 23.7 Å². The predicted octanol–water partition coefficient (Wildman–Crippen LogP) is 4.96. The molecule has 0 fully saturated rings. The van der Waals surface area contributed by atoms with Crippen LogP contribution >= 0.6 is 0 Å². The van der Waals surface area contributed by atoms with Gasteiger partial charge in [-0.2, -0.15) is 0 Å². The van der Waals surface area contributed by atoms with Gasteiger partial charge in [0.2, 0.25) is 5.43 Å². The van der Waals surface area contributed by atoms with Crippen LogP contribution in [0.4, 0.5) is 0 Å². The van der Waals surface area contributed by atoms with Crippen molar-refractivity contribution in [2.24, 2.45) is 0 Å². The van der Waals surface area contributed by atoms with Gasteiger partial charge in [0.1, 0.15) is 17.2 Å². The topological polar surface area (TPSA) is 69.4 Å². The third-order valence-corrected chi connectivity index (χ3v) is 5.79. The van der Waals surface area contributed by atoms with Crippen LogP contribution in [-0.4, -0.2) is 30.8 Å². The molecule has 2 heterocycles. The second-order valence-corrected chi connectivity index (χ2v) is 7.41. The number of hydrogen-bond donors (Lipinski definition) is 1. The summed E-state index contributed by atoms with van der Waals surface area (Å²) in [4.78, 5) is 13.4. The third kappa shape index (κ3) is 2.76. The molecule has 32 heavy (non-hydrogen) atoms. The van der Waals surface area contributed by atoms with E-state index in [0.717, 1.165) is 16.5 Å². The fourth-order valence-corrected chi connectivity index (χ4v) is 4.30. The first-order valence-corrected chi connectivity index (χ1v) is 10.1. The van der Waals surface area contributed by atoms with E-state index in [0.29, 0.717) is 39.4 Å². The second kappa shape index (κ2) is 7.50. The molecule has 0 bridgehead atoms. The summed E-state index contributed by atoms with van der Waals surface area (Å²) in [6.07, 6.45) is 1.92. The van der Waals surface area contributed by atoms with Crippen molar-refractivity contribution in [3.63, 3.8) is 0 Å². The second-order valence-electron chi connectivity index (χ2n) is 7.41. The molecule has 0 radical (unpaired) electrons. The fourth-order valence-electron chi connectivity index (χ4n) is 4.30. The number of nitrogens with zero attached hydrogens (tertiary/aromatic N) is 1. The highest BCUT2D eigenvalue weighted by molar-refractivity contribution is 6.12. The highest BCUT2D eigenvalue weighted by Gasteiger charge is 2.26. The summed E-state index contributed by atoms with van der Waals surface area (Å²) >= 11 is 0. The van der Waals surface area contributed by atoms with E-state index in [1.165, 1.54) is 7.11 Å². The van der Waals surface area contributed by atoms with Crippen LogP contribution in [0, 0.1) is 0 Å². The largest absolute Gasteiger partial charge is 0.503 e. The van der Waals surface area contributed by atoms with Gasteiger partial charge in [-0.25, -0.2) is 0 Å². The van der Waals surface area contributed by atoms with Crippen LogP contribution in [0.3, 0.4) is 0 Å². The van der Waals surface area contributed by atoms with Gasteiger partial charge in [0, 0.05) is 23.4 Å². The zero-order chi connectivity index (χ0) is 22.4. The molecule has 5 aromatic rings. The molecule has 2 aromatic heterocycles. The van der Waals surface area contributed by atoms with E-state index < -0.39 is 5.43 Å². The molecule has 0 aliphatic carbocycles. The zero-order valence-electron chi connectivity index (χ0n) is 17.9. The zero-order valence-corrected chi connectivity index (χ0v) is 17.9. The van der Waals surface area contributed by atoms with Gasteiger partial charge in [-0.15, -0.1) is 0 Å². The summed E-state index contributed by atoms with van der Waals surface area (Å²) in [7, 11) is 4.67. The normalized spacial score (nSPS) is 11.2. The van der Waals surface area contributed by atoms with Gasteiger partial charge in [-0.1, -0.05) is 30.3 Å². The third-order valence-electron chi connectivity index (χ3n) is 5.79. The molecule has 0 aliphatic rings. The molecule has 5 rings (SSSR count). The Balaban J connectivity index is 1.99. The molecule has 0 amide bonds. The molecule has 0 aliphatic heterocycles. The van der Waals surface area contributed by atoms with Gasteiger partial charge >= 0.3 is 0 Å². The van der Waals surface area contributed by atoms with Gasteiger partial charge in [-0.05, 0) is 29.8 Å². The van der Waals surface area contributed by atoms with Crippen LogP contribution in [0.25, 0.3) is 38.7 Å². The fraction of sp³-hybridized carbons (Fsp3) is 0.115. The number of aromatic hydroxyl groups is 1. The first-order chi connectivity index (χ1) is 15.6. The summed E-state index contributed by atoms with van der Waals surface area (Å²) in [5.74, 6) is 1.27. The highest BCUT2D eigenvalue weighted by atomic mass is 16.5. The quantitative estimate of drug-likeness (QED) is 0.430.